The number of H-pyrrole nitrogens is 1. The van der Waals surface area contributed by atoms with Crippen molar-refractivity contribution in [3.05, 3.63) is 49.1 Å². The van der Waals surface area contributed by atoms with Crippen molar-refractivity contribution < 1.29 is 9.59 Å². The third-order valence-electron chi connectivity index (χ3n) is 7.67. The van der Waals surface area contributed by atoms with Crippen LogP contribution in [-0.4, -0.2) is 69.6 Å². The summed E-state index contributed by atoms with van der Waals surface area (Å²) in [5.74, 6) is 0.936. The van der Waals surface area contributed by atoms with Gasteiger partial charge in [0.15, 0.2) is 5.82 Å². The van der Waals surface area contributed by atoms with Crippen LogP contribution in [-0.2, 0) is 23.1 Å². The number of hydrogen-bond acceptors (Lipinski definition) is 9. The normalized spacial score (nSPS) is 25.9. The second kappa shape index (κ2) is 9.06. The molecular weight excluding hydrogens is 496 g/mol. The highest BCUT2D eigenvalue weighted by molar-refractivity contribution is 7.15. The Hall–Kier alpha value is -3.14. The lowest BCUT2D eigenvalue weighted by Crippen LogP contribution is -2.43. The van der Waals surface area contributed by atoms with Crippen molar-refractivity contribution in [1.29, 1.82) is 5.26 Å². The van der Waals surface area contributed by atoms with Crippen molar-refractivity contribution in [1.82, 2.24) is 36.2 Å². The Morgan fingerprint density at radius 2 is 2.17 bits per heavy atom. The molecular formula is C24H26N8O2S2. The van der Waals surface area contributed by atoms with Crippen molar-refractivity contribution in [2.45, 2.75) is 49.6 Å². The molecule has 2 amide bonds. The lowest BCUT2D eigenvalue weighted by molar-refractivity contribution is -0.131. The number of nitriles is 1. The van der Waals surface area contributed by atoms with Crippen LogP contribution in [0.15, 0.2) is 17.5 Å². The first-order valence-electron chi connectivity index (χ1n) is 12.1. The number of hydrogen-bond donors (Lipinski definition) is 3. The summed E-state index contributed by atoms with van der Waals surface area (Å²) in [6, 6.07) is 6.36. The molecule has 4 heterocycles. The van der Waals surface area contributed by atoms with Gasteiger partial charge in [0.05, 0.1) is 17.5 Å². The maximum Gasteiger partial charge on any atom is 0.261 e. The molecule has 3 aliphatic rings. The Labute approximate surface area is 216 Å². The monoisotopic (exact) mass is 522 g/mol. The molecule has 1 aliphatic heterocycles. The summed E-state index contributed by atoms with van der Waals surface area (Å²) >= 11 is 3.15. The van der Waals surface area contributed by atoms with Gasteiger partial charge in [-0.3, -0.25) is 9.59 Å². The van der Waals surface area contributed by atoms with Crippen LogP contribution in [0.3, 0.4) is 0 Å². The molecule has 2 aliphatic carbocycles. The molecule has 0 bridgehead atoms. The van der Waals surface area contributed by atoms with Crippen molar-refractivity contribution in [3.63, 3.8) is 0 Å². The lowest BCUT2D eigenvalue weighted by atomic mass is 9.78. The minimum Gasteiger partial charge on any atom is -0.354 e. The van der Waals surface area contributed by atoms with Crippen molar-refractivity contribution in [3.8, 4) is 6.07 Å². The van der Waals surface area contributed by atoms with Gasteiger partial charge in [-0.25, -0.2) is 0 Å². The first-order valence-corrected chi connectivity index (χ1v) is 13.8. The van der Waals surface area contributed by atoms with E-state index in [9.17, 15) is 14.9 Å². The first-order chi connectivity index (χ1) is 17.6. The number of carbonyl (C=O) groups is 2. The van der Waals surface area contributed by atoms with Crippen LogP contribution in [0, 0.1) is 17.2 Å². The number of tetrazole rings is 1. The largest absolute Gasteiger partial charge is 0.354 e. The van der Waals surface area contributed by atoms with Crippen LogP contribution in [0.25, 0.3) is 0 Å². The molecule has 3 aromatic rings. The van der Waals surface area contributed by atoms with Gasteiger partial charge in [-0.05, 0) is 73.2 Å². The molecule has 3 N–H and O–H groups in total. The Kier molecular flexibility index (Phi) is 5.86. The first kappa shape index (κ1) is 23.3. The molecule has 4 atom stereocenters. The average Bonchev–Trinajstić information content (AvgIpc) is 3.41. The van der Waals surface area contributed by atoms with Crippen LogP contribution in [0.2, 0.25) is 0 Å². The standard InChI is InChI=1S/C24H26N8O2S2/c1-26-22(34)18-10-14-3-2-13-4-7-35-20(13)24(21(14)36-18,23-28-30-31-29-23)5-6-27-12-19(33)32-16(11-25)8-15-9-17(15)32/h4,7,10,15-17,27H,2-3,5-6,8-9,12H2,1H3,(H,26,34)(H,28,29,30,31)/t15-,16+,17+,24?/m1/s1. The predicted molar refractivity (Wildman–Crippen MR) is 134 cm³/mol. The summed E-state index contributed by atoms with van der Waals surface area (Å²) in [5.41, 5.74) is 1.69. The predicted octanol–water partition coefficient (Wildman–Crippen LogP) is 1.61. The Morgan fingerprint density at radius 3 is 2.94 bits per heavy atom. The molecule has 10 nitrogen and oxygen atoms in total. The van der Waals surface area contributed by atoms with E-state index in [1.165, 1.54) is 16.9 Å². The number of rotatable bonds is 7. The molecule has 36 heavy (non-hydrogen) atoms. The molecule has 1 saturated carbocycles. The number of aromatic amines is 1. The van der Waals surface area contributed by atoms with E-state index in [-0.39, 0.29) is 30.4 Å². The van der Waals surface area contributed by atoms with E-state index < -0.39 is 5.41 Å². The topological polar surface area (TPSA) is 140 Å². The molecule has 1 saturated heterocycles. The summed E-state index contributed by atoms with van der Waals surface area (Å²) in [6.45, 7) is 0.714. The quantitative estimate of drug-likeness (QED) is 0.401. The average molecular weight is 523 g/mol. The van der Waals surface area contributed by atoms with E-state index in [4.69, 9.17) is 0 Å². The summed E-state index contributed by atoms with van der Waals surface area (Å²) in [7, 11) is 1.64. The molecule has 186 valence electrons. The Bertz CT molecular complexity index is 1340. The zero-order chi connectivity index (χ0) is 24.9. The van der Waals surface area contributed by atoms with Gasteiger partial charge in [-0.2, -0.15) is 10.5 Å². The summed E-state index contributed by atoms with van der Waals surface area (Å²) in [6.07, 6.45) is 4.10. The molecule has 3 aromatic heterocycles. The van der Waals surface area contributed by atoms with Gasteiger partial charge in [0.2, 0.25) is 5.91 Å². The number of likely N-dealkylation sites (tertiary alicyclic amines) is 1. The molecule has 0 aromatic carbocycles. The fourth-order valence-electron chi connectivity index (χ4n) is 5.87. The maximum absolute atomic E-state index is 13.0. The Balaban J connectivity index is 1.30. The number of carbonyl (C=O) groups excluding carboxylic acids is 2. The molecule has 12 heteroatoms. The SMILES string of the molecule is CNC(=O)c1cc2c(s1)C(CCNCC(=O)N1[C@H](C#N)C[C@@H]3C[C@@H]31)(c1nn[nH]n1)c1sccc1CC2. The van der Waals surface area contributed by atoms with Crippen molar-refractivity contribution in [2.75, 3.05) is 20.1 Å². The van der Waals surface area contributed by atoms with E-state index in [2.05, 4.69) is 48.8 Å². The third kappa shape index (κ3) is 3.65. The number of aromatic nitrogens is 4. The minimum atomic E-state index is -0.681. The second-order valence-electron chi connectivity index (χ2n) is 9.63. The van der Waals surface area contributed by atoms with Crippen LogP contribution in [0.1, 0.15) is 55.6 Å². The molecule has 1 unspecified atom stereocenters. The number of piperidine rings is 1. The van der Waals surface area contributed by atoms with Crippen LogP contribution in [0.5, 0.6) is 0 Å². The number of nitrogens with zero attached hydrogens (tertiary/aromatic N) is 5. The van der Waals surface area contributed by atoms with Gasteiger partial charge < -0.3 is 15.5 Å². The van der Waals surface area contributed by atoms with Gasteiger partial charge in [-0.15, -0.1) is 32.9 Å². The van der Waals surface area contributed by atoms with Crippen LogP contribution < -0.4 is 10.6 Å². The zero-order valence-corrected chi connectivity index (χ0v) is 21.4. The fourth-order valence-corrected chi connectivity index (χ4v) is 8.50. The van der Waals surface area contributed by atoms with E-state index in [1.807, 2.05) is 6.07 Å². The van der Waals surface area contributed by atoms with Gasteiger partial charge in [-0.1, -0.05) is 5.21 Å². The van der Waals surface area contributed by atoms with Crippen molar-refractivity contribution in [2.24, 2.45) is 5.92 Å². The molecule has 0 spiro atoms. The minimum absolute atomic E-state index is 0.0171. The highest BCUT2D eigenvalue weighted by Gasteiger charge is 2.54. The lowest BCUT2D eigenvalue weighted by Gasteiger charge is -2.30. The van der Waals surface area contributed by atoms with Crippen LogP contribution >= 0.6 is 22.7 Å². The van der Waals surface area contributed by atoms with Crippen molar-refractivity contribution >= 4 is 34.5 Å². The number of aryl methyl sites for hydroxylation is 2. The van der Waals surface area contributed by atoms with Gasteiger partial charge in [0, 0.05) is 22.8 Å². The smallest absolute Gasteiger partial charge is 0.261 e. The zero-order valence-electron chi connectivity index (χ0n) is 19.8. The van der Waals surface area contributed by atoms with E-state index in [0.717, 1.165) is 41.0 Å². The van der Waals surface area contributed by atoms with Gasteiger partial charge in [0.25, 0.3) is 5.91 Å². The van der Waals surface area contributed by atoms with Crippen LogP contribution in [0.4, 0.5) is 0 Å². The summed E-state index contributed by atoms with van der Waals surface area (Å²) in [4.78, 5) is 30.1. The number of amides is 2. The maximum atomic E-state index is 13.0. The van der Waals surface area contributed by atoms with Gasteiger partial charge >= 0.3 is 0 Å². The van der Waals surface area contributed by atoms with E-state index in [1.54, 1.807) is 23.3 Å². The highest BCUT2D eigenvalue weighted by atomic mass is 32.1. The number of nitrogens with one attached hydrogen (secondary N) is 3. The summed E-state index contributed by atoms with van der Waals surface area (Å²) < 4.78 is 0. The number of fused-ring (bicyclic) bond motifs is 3. The Morgan fingerprint density at radius 1 is 1.31 bits per heavy atom. The molecule has 2 fully saturated rings. The fraction of sp³-hybridized carbons (Fsp3) is 0.500. The number of thiophene rings is 2. The second-order valence-corrected chi connectivity index (χ2v) is 11.6. The van der Waals surface area contributed by atoms with E-state index in [0.29, 0.717) is 29.6 Å². The summed E-state index contributed by atoms with van der Waals surface area (Å²) in [5, 5.41) is 33.0. The van der Waals surface area contributed by atoms with Gasteiger partial charge in [0.1, 0.15) is 11.5 Å². The molecule has 0 radical (unpaired) electrons. The molecule has 6 rings (SSSR count). The third-order valence-corrected chi connectivity index (χ3v) is 10.1. The van der Waals surface area contributed by atoms with E-state index >= 15 is 0 Å². The highest BCUT2D eigenvalue weighted by Crippen LogP contribution is 2.51.